The molecule has 0 bridgehead atoms. The number of aryl methyl sites for hydroxylation is 1. The quantitative estimate of drug-likeness (QED) is 0.828. The van der Waals surface area contributed by atoms with E-state index in [0.29, 0.717) is 18.7 Å². The first-order chi connectivity index (χ1) is 13.5. The van der Waals surface area contributed by atoms with E-state index in [0.717, 1.165) is 43.7 Å². The lowest BCUT2D eigenvalue weighted by atomic mass is 10.0. The van der Waals surface area contributed by atoms with E-state index in [-0.39, 0.29) is 17.9 Å². The standard InChI is InChI=1S/C21H30FN5O/c1-4-27-16(2)18(12-23-27)13-25(3)21(28)24-19-9-7-11-26(15-19)14-17-8-5-6-10-20(17)22/h5-6,8,10,12,19H,4,7,9,11,13-15H2,1-3H3,(H,24,28). The van der Waals surface area contributed by atoms with E-state index in [9.17, 15) is 9.18 Å². The zero-order valence-electron chi connectivity index (χ0n) is 17.0. The first-order valence-corrected chi connectivity index (χ1v) is 9.96. The topological polar surface area (TPSA) is 53.4 Å². The van der Waals surface area contributed by atoms with E-state index in [1.165, 1.54) is 6.07 Å². The van der Waals surface area contributed by atoms with Crippen molar-refractivity contribution in [3.8, 4) is 0 Å². The predicted molar refractivity (Wildman–Crippen MR) is 107 cm³/mol. The number of aromatic nitrogens is 2. The third-order valence-electron chi connectivity index (χ3n) is 5.44. The Kier molecular flexibility index (Phi) is 6.67. The van der Waals surface area contributed by atoms with E-state index in [2.05, 4.69) is 22.2 Å². The van der Waals surface area contributed by atoms with Gasteiger partial charge in [0.15, 0.2) is 0 Å². The van der Waals surface area contributed by atoms with Gasteiger partial charge in [-0.2, -0.15) is 5.10 Å². The molecule has 2 amide bonds. The molecule has 3 rings (SSSR count). The van der Waals surface area contributed by atoms with Gasteiger partial charge < -0.3 is 10.2 Å². The van der Waals surface area contributed by atoms with Crippen LogP contribution in [0.15, 0.2) is 30.5 Å². The van der Waals surface area contributed by atoms with Crippen LogP contribution in [0.2, 0.25) is 0 Å². The normalized spacial score (nSPS) is 17.5. The summed E-state index contributed by atoms with van der Waals surface area (Å²) in [6.07, 6.45) is 3.77. The average molecular weight is 388 g/mol. The molecular formula is C21H30FN5O. The largest absolute Gasteiger partial charge is 0.334 e. The SMILES string of the molecule is CCn1ncc(CN(C)C(=O)NC2CCCN(Cc3ccccc3F)C2)c1C. The predicted octanol–water partition coefficient (Wildman–Crippen LogP) is 3.16. The summed E-state index contributed by atoms with van der Waals surface area (Å²) in [5, 5.41) is 7.47. The number of likely N-dealkylation sites (tertiary alicyclic amines) is 1. The number of benzene rings is 1. The molecule has 1 unspecified atom stereocenters. The third-order valence-corrected chi connectivity index (χ3v) is 5.44. The van der Waals surface area contributed by atoms with Gasteiger partial charge in [0.1, 0.15) is 5.82 Å². The molecule has 152 valence electrons. The van der Waals surface area contributed by atoms with Crippen molar-refractivity contribution in [2.75, 3.05) is 20.1 Å². The molecular weight excluding hydrogens is 357 g/mol. The van der Waals surface area contributed by atoms with Crippen molar-refractivity contribution in [1.29, 1.82) is 0 Å². The zero-order chi connectivity index (χ0) is 20.1. The number of hydrogen-bond donors (Lipinski definition) is 1. The van der Waals surface area contributed by atoms with Gasteiger partial charge in [0.2, 0.25) is 0 Å². The van der Waals surface area contributed by atoms with E-state index >= 15 is 0 Å². The second-order valence-electron chi connectivity index (χ2n) is 7.54. The van der Waals surface area contributed by atoms with Gasteiger partial charge >= 0.3 is 6.03 Å². The molecule has 1 saturated heterocycles. The van der Waals surface area contributed by atoms with Gasteiger partial charge in [0.05, 0.1) is 12.7 Å². The fraction of sp³-hybridized carbons (Fsp3) is 0.524. The fourth-order valence-corrected chi connectivity index (χ4v) is 3.76. The van der Waals surface area contributed by atoms with Crippen LogP contribution in [0, 0.1) is 12.7 Å². The average Bonchev–Trinajstić information content (AvgIpc) is 3.03. The van der Waals surface area contributed by atoms with Crippen LogP contribution in [0.4, 0.5) is 9.18 Å². The number of piperidine rings is 1. The lowest BCUT2D eigenvalue weighted by Crippen LogP contribution is -2.50. The summed E-state index contributed by atoms with van der Waals surface area (Å²) < 4.78 is 15.8. The van der Waals surface area contributed by atoms with Crippen molar-refractivity contribution in [3.63, 3.8) is 0 Å². The minimum Gasteiger partial charge on any atom is -0.334 e. The minimum absolute atomic E-state index is 0.0786. The summed E-state index contributed by atoms with van der Waals surface area (Å²) in [6.45, 7) is 7.66. The van der Waals surface area contributed by atoms with Gasteiger partial charge in [0, 0.05) is 49.5 Å². The summed E-state index contributed by atoms with van der Waals surface area (Å²) in [4.78, 5) is 16.5. The van der Waals surface area contributed by atoms with Gasteiger partial charge in [0.25, 0.3) is 0 Å². The van der Waals surface area contributed by atoms with Crippen molar-refractivity contribution in [2.45, 2.75) is 52.4 Å². The maximum absolute atomic E-state index is 13.9. The first kappa shape index (κ1) is 20.3. The smallest absolute Gasteiger partial charge is 0.317 e. The highest BCUT2D eigenvalue weighted by Gasteiger charge is 2.23. The van der Waals surface area contributed by atoms with Crippen molar-refractivity contribution >= 4 is 6.03 Å². The van der Waals surface area contributed by atoms with Gasteiger partial charge in [-0.15, -0.1) is 0 Å². The summed E-state index contributed by atoms with van der Waals surface area (Å²) in [6, 6.07) is 6.88. The molecule has 1 aliphatic rings. The fourth-order valence-electron chi connectivity index (χ4n) is 3.76. The molecule has 1 aliphatic heterocycles. The van der Waals surface area contributed by atoms with Gasteiger partial charge in [-0.25, -0.2) is 9.18 Å². The second-order valence-corrected chi connectivity index (χ2v) is 7.54. The van der Waals surface area contributed by atoms with E-state index in [4.69, 9.17) is 0 Å². The lowest BCUT2D eigenvalue weighted by molar-refractivity contribution is 0.166. The highest BCUT2D eigenvalue weighted by molar-refractivity contribution is 5.74. The minimum atomic E-state index is -0.170. The van der Waals surface area contributed by atoms with E-state index in [1.54, 1.807) is 18.0 Å². The summed E-state index contributed by atoms with van der Waals surface area (Å²) >= 11 is 0. The Balaban J connectivity index is 1.53. The Bertz CT molecular complexity index is 806. The molecule has 1 aromatic heterocycles. The number of hydrogen-bond acceptors (Lipinski definition) is 3. The molecule has 0 radical (unpaired) electrons. The van der Waals surface area contributed by atoms with Crippen LogP contribution >= 0.6 is 0 Å². The van der Waals surface area contributed by atoms with E-state index in [1.807, 2.05) is 29.9 Å². The number of nitrogens with zero attached hydrogens (tertiary/aromatic N) is 4. The molecule has 2 aromatic rings. The number of carbonyl (C=O) groups excluding carboxylic acids is 1. The first-order valence-electron chi connectivity index (χ1n) is 9.96. The van der Waals surface area contributed by atoms with Gasteiger partial charge in [-0.3, -0.25) is 9.58 Å². The summed E-state index contributed by atoms with van der Waals surface area (Å²) in [7, 11) is 1.80. The Morgan fingerprint density at radius 3 is 2.86 bits per heavy atom. The Morgan fingerprint density at radius 2 is 2.14 bits per heavy atom. The number of amides is 2. The van der Waals surface area contributed by atoms with Crippen molar-refractivity contribution < 1.29 is 9.18 Å². The highest BCUT2D eigenvalue weighted by Crippen LogP contribution is 2.16. The Labute approximate surface area is 166 Å². The van der Waals surface area contributed by atoms with Crippen LogP contribution in [-0.4, -0.2) is 51.8 Å². The molecule has 0 spiro atoms. The summed E-state index contributed by atoms with van der Waals surface area (Å²) in [5.41, 5.74) is 2.86. The molecule has 1 aromatic carbocycles. The number of halogens is 1. The Hall–Kier alpha value is -2.41. The highest BCUT2D eigenvalue weighted by atomic mass is 19.1. The molecule has 2 heterocycles. The lowest BCUT2D eigenvalue weighted by Gasteiger charge is -2.34. The molecule has 7 heteroatoms. The van der Waals surface area contributed by atoms with Crippen molar-refractivity contribution in [2.24, 2.45) is 0 Å². The van der Waals surface area contributed by atoms with E-state index < -0.39 is 0 Å². The zero-order valence-corrected chi connectivity index (χ0v) is 17.0. The number of rotatable bonds is 6. The van der Waals surface area contributed by atoms with Crippen LogP contribution in [0.5, 0.6) is 0 Å². The molecule has 1 N–H and O–H groups in total. The van der Waals surface area contributed by atoms with Crippen LogP contribution in [0.3, 0.4) is 0 Å². The monoisotopic (exact) mass is 387 g/mol. The van der Waals surface area contributed by atoms with Crippen LogP contribution in [-0.2, 0) is 19.6 Å². The van der Waals surface area contributed by atoms with Gasteiger partial charge in [-0.1, -0.05) is 18.2 Å². The third kappa shape index (κ3) is 4.90. The van der Waals surface area contributed by atoms with Crippen LogP contribution in [0.1, 0.15) is 36.6 Å². The molecule has 0 saturated carbocycles. The molecule has 1 atom stereocenters. The van der Waals surface area contributed by atoms with Gasteiger partial charge in [-0.05, 0) is 39.3 Å². The molecule has 28 heavy (non-hydrogen) atoms. The van der Waals surface area contributed by atoms with Crippen LogP contribution in [0.25, 0.3) is 0 Å². The number of nitrogens with one attached hydrogen (secondary N) is 1. The number of urea groups is 1. The van der Waals surface area contributed by atoms with Crippen molar-refractivity contribution in [3.05, 3.63) is 53.1 Å². The maximum Gasteiger partial charge on any atom is 0.317 e. The molecule has 6 nitrogen and oxygen atoms in total. The molecule has 1 fully saturated rings. The number of carbonyl (C=O) groups is 1. The van der Waals surface area contributed by atoms with Crippen molar-refractivity contribution in [1.82, 2.24) is 24.9 Å². The maximum atomic E-state index is 13.9. The second kappa shape index (κ2) is 9.19. The van der Waals surface area contributed by atoms with Crippen LogP contribution < -0.4 is 5.32 Å². The summed E-state index contributed by atoms with van der Waals surface area (Å²) in [5.74, 6) is -0.170. The Morgan fingerprint density at radius 1 is 1.36 bits per heavy atom. The molecule has 0 aliphatic carbocycles.